The highest BCUT2D eigenvalue weighted by molar-refractivity contribution is 5.81. The van der Waals surface area contributed by atoms with Gasteiger partial charge >= 0.3 is 6.09 Å². The van der Waals surface area contributed by atoms with Crippen molar-refractivity contribution < 1.29 is 14.3 Å². The Morgan fingerprint density at radius 1 is 1.30 bits per heavy atom. The topological polar surface area (TPSA) is 75.9 Å². The molecule has 1 rings (SSSR count). The molecule has 20 heavy (non-hydrogen) atoms. The number of amides is 2. The Kier molecular flexibility index (Phi) is 5.80. The number of hydrogen-bond acceptors (Lipinski definition) is 4. The van der Waals surface area contributed by atoms with Gasteiger partial charge in [0.1, 0.15) is 11.6 Å². The Labute approximate surface area is 121 Å². The number of nitrogens with two attached hydrogens (primary N) is 1. The lowest BCUT2D eigenvalue weighted by atomic mass is 10.1. The highest BCUT2D eigenvalue weighted by Crippen LogP contribution is 2.15. The number of unbranched alkanes of at least 4 members (excludes halogenated alkanes) is 1. The lowest BCUT2D eigenvalue weighted by Crippen LogP contribution is -2.59. The van der Waals surface area contributed by atoms with E-state index in [1.54, 1.807) is 4.90 Å². The van der Waals surface area contributed by atoms with E-state index in [4.69, 9.17) is 10.5 Å². The molecule has 0 unspecified atom stereocenters. The Morgan fingerprint density at radius 2 is 1.95 bits per heavy atom. The number of primary amides is 1. The van der Waals surface area contributed by atoms with Crippen LogP contribution in [0.3, 0.4) is 0 Å². The maximum Gasteiger partial charge on any atom is 0.410 e. The zero-order chi connectivity index (χ0) is 15.3. The molecule has 1 heterocycles. The van der Waals surface area contributed by atoms with Gasteiger partial charge in [-0.25, -0.2) is 4.79 Å². The summed E-state index contributed by atoms with van der Waals surface area (Å²) in [5.41, 5.74) is 4.93. The fraction of sp³-hybridized carbons (Fsp3) is 0.857. The lowest BCUT2D eigenvalue weighted by Gasteiger charge is -2.40. The van der Waals surface area contributed by atoms with Gasteiger partial charge in [0.2, 0.25) is 5.91 Å². The van der Waals surface area contributed by atoms with Crippen LogP contribution >= 0.6 is 0 Å². The minimum Gasteiger partial charge on any atom is -0.444 e. The number of piperazine rings is 1. The van der Waals surface area contributed by atoms with Crippen LogP contribution in [0.2, 0.25) is 0 Å². The smallest absolute Gasteiger partial charge is 0.410 e. The minimum absolute atomic E-state index is 0.313. The Morgan fingerprint density at radius 3 is 2.45 bits per heavy atom. The predicted molar refractivity (Wildman–Crippen MR) is 77.3 cm³/mol. The van der Waals surface area contributed by atoms with E-state index in [1.165, 1.54) is 0 Å². The molecule has 0 bridgehead atoms. The van der Waals surface area contributed by atoms with E-state index < -0.39 is 11.6 Å². The van der Waals surface area contributed by atoms with Gasteiger partial charge in [0.25, 0.3) is 0 Å². The van der Waals surface area contributed by atoms with Gasteiger partial charge in [0.05, 0.1) is 0 Å². The van der Waals surface area contributed by atoms with E-state index in [1.807, 2.05) is 20.8 Å². The molecule has 1 atom stereocenters. The molecular formula is C14H27N3O3. The quantitative estimate of drug-likeness (QED) is 0.842. The van der Waals surface area contributed by atoms with Gasteiger partial charge in [-0.2, -0.15) is 0 Å². The van der Waals surface area contributed by atoms with Gasteiger partial charge in [0, 0.05) is 19.6 Å². The van der Waals surface area contributed by atoms with Crippen molar-refractivity contribution in [1.29, 1.82) is 0 Å². The molecule has 0 spiro atoms. The number of hydrogen-bond donors (Lipinski definition) is 1. The van der Waals surface area contributed by atoms with Crippen LogP contribution in [0.25, 0.3) is 0 Å². The molecular weight excluding hydrogens is 258 g/mol. The summed E-state index contributed by atoms with van der Waals surface area (Å²) in [6, 6.07) is -0.414. The zero-order valence-corrected chi connectivity index (χ0v) is 13.0. The molecule has 2 N–H and O–H groups in total. The first-order valence-electron chi connectivity index (χ1n) is 7.26. The molecule has 0 radical (unpaired) electrons. The fourth-order valence-corrected chi connectivity index (χ4v) is 2.21. The molecule has 1 fully saturated rings. The van der Waals surface area contributed by atoms with Crippen LogP contribution < -0.4 is 5.73 Å². The van der Waals surface area contributed by atoms with Crippen molar-refractivity contribution in [3.63, 3.8) is 0 Å². The number of ether oxygens (including phenoxy) is 1. The summed E-state index contributed by atoms with van der Waals surface area (Å²) in [4.78, 5) is 27.3. The molecule has 1 saturated heterocycles. The molecule has 0 aromatic carbocycles. The molecule has 116 valence electrons. The lowest BCUT2D eigenvalue weighted by molar-refractivity contribution is -0.125. The molecule has 6 nitrogen and oxygen atoms in total. The molecule has 0 aliphatic carbocycles. The fourth-order valence-electron chi connectivity index (χ4n) is 2.21. The van der Waals surface area contributed by atoms with Gasteiger partial charge in [-0.05, 0) is 33.7 Å². The van der Waals surface area contributed by atoms with Gasteiger partial charge in [-0.1, -0.05) is 13.3 Å². The van der Waals surface area contributed by atoms with Crippen molar-refractivity contribution >= 4 is 12.0 Å². The number of nitrogens with zero attached hydrogens (tertiary/aromatic N) is 2. The van der Waals surface area contributed by atoms with Crippen LogP contribution in [0, 0.1) is 0 Å². The third-order valence-electron chi connectivity index (χ3n) is 3.27. The SMILES string of the molecule is CCCCN1CCN(C(=O)OC(C)(C)C)C[C@H]1C(N)=O. The van der Waals surface area contributed by atoms with Crippen molar-refractivity contribution in [3.8, 4) is 0 Å². The Hall–Kier alpha value is -1.30. The molecule has 1 aliphatic rings. The summed E-state index contributed by atoms with van der Waals surface area (Å²) in [5, 5.41) is 0. The van der Waals surface area contributed by atoms with Gasteiger partial charge in [-0.15, -0.1) is 0 Å². The summed E-state index contributed by atoms with van der Waals surface area (Å²) < 4.78 is 5.34. The van der Waals surface area contributed by atoms with E-state index in [0.717, 1.165) is 19.4 Å². The van der Waals surface area contributed by atoms with Crippen LogP contribution in [0.15, 0.2) is 0 Å². The molecule has 6 heteroatoms. The zero-order valence-electron chi connectivity index (χ0n) is 13.0. The van der Waals surface area contributed by atoms with Crippen LogP contribution in [0.1, 0.15) is 40.5 Å². The van der Waals surface area contributed by atoms with Crippen molar-refractivity contribution in [2.45, 2.75) is 52.2 Å². The van der Waals surface area contributed by atoms with E-state index in [0.29, 0.717) is 19.6 Å². The van der Waals surface area contributed by atoms with E-state index in [-0.39, 0.29) is 12.0 Å². The van der Waals surface area contributed by atoms with Gasteiger partial charge in [0.15, 0.2) is 0 Å². The average Bonchev–Trinajstić information content (AvgIpc) is 2.33. The summed E-state index contributed by atoms with van der Waals surface area (Å²) in [6.45, 7) is 9.97. The predicted octanol–water partition coefficient (Wildman–Crippen LogP) is 1.19. The summed E-state index contributed by atoms with van der Waals surface area (Å²) >= 11 is 0. The third-order valence-corrected chi connectivity index (χ3v) is 3.27. The molecule has 2 amide bonds. The Bertz CT molecular complexity index is 352. The van der Waals surface area contributed by atoms with Gasteiger partial charge < -0.3 is 15.4 Å². The van der Waals surface area contributed by atoms with Crippen molar-refractivity contribution in [1.82, 2.24) is 9.80 Å². The summed E-state index contributed by atoms with van der Waals surface area (Å²) in [5.74, 6) is -0.380. The van der Waals surface area contributed by atoms with Gasteiger partial charge in [-0.3, -0.25) is 9.69 Å². The highest BCUT2D eigenvalue weighted by Gasteiger charge is 2.34. The summed E-state index contributed by atoms with van der Waals surface area (Å²) in [7, 11) is 0. The first-order chi connectivity index (χ1) is 9.24. The van der Waals surface area contributed by atoms with E-state index in [2.05, 4.69) is 11.8 Å². The van der Waals surface area contributed by atoms with Crippen molar-refractivity contribution in [2.75, 3.05) is 26.2 Å². The second-order valence-corrected chi connectivity index (χ2v) is 6.23. The normalized spacial score (nSPS) is 20.8. The van der Waals surface area contributed by atoms with Crippen molar-refractivity contribution in [3.05, 3.63) is 0 Å². The molecule has 0 saturated carbocycles. The Balaban J connectivity index is 2.64. The second-order valence-electron chi connectivity index (χ2n) is 6.23. The van der Waals surface area contributed by atoms with Crippen LogP contribution in [0.5, 0.6) is 0 Å². The maximum atomic E-state index is 12.0. The van der Waals surface area contributed by atoms with Crippen LogP contribution in [-0.4, -0.2) is 59.6 Å². The standard InChI is InChI=1S/C14H27N3O3/c1-5-6-7-16-8-9-17(10-11(16)12(15)18)13(19)20-14(2,3)4/h11H,5-10H2,1-4H3,(H2,15,18)/t11-/m0/s1. The monoisotopic (exact) mass is 285 g/mol. The third kappa shape index (κ3) is 5.00. The minimum atomic E-state index is -0.529. The molecule has 0 aromatic heterocycles. The maximum absolute atomic E-state index is 12.0. The number of carbonyl (C=O) groups excluding carboxylic acids is 2. The van der Waals surface area contributed by atoms with Crippen LogP contribution in [0.4, 0.5) is 4.79 Å². The first-order valence-corrected chi connectivity index (χ1v) is 7.26. The average molecular weight is 285 g/mol. The van der Waals surface area contributed by atoms with Crippen LogP contribution in [-0.2, 0) is 9.53 Å². The summed E-state index contributed by atoms with van der Waals surface area (Å²) in [6.07, 6.45) is 1.72. The van der Waals surface area contributed by atoms with Crippen molar-refractivity contribution in [2.24, 2.45) is 5.73 Å². The highest BCUT2D eigenvalue weighted by atomic mass is 16.6. The second kappa shape index (κ2) is 6.92. The number of rotatable bonds is 4. The first kappa shape index (κ1) is 16.8. The molecule has 0 aromatic rings. The number of carbonyl (C=O) groups is 2. The molecule has 1 aliphatic heterocycles. The van der Waals surface area contributed by atoms with E-state index >= 15 is 0 Å². The largest absolute Gasteiger partial charge is 0.444 e. The van der Waals surface area contributed by atoms with E-state index in [9.17, 15) is 9.59 Å².